The van der Waals surface area contributed by atoms with Crippen molar-refractivity contribution in [3.63, 3.8) is 0 Å². The molecule has 0 radical (unpaired) electrons. The molecule has 0 aliphatic heterocycles. The summed E-state index contributed by atoms with van der Waals surface area (Å²) >= 11 is 0. The molecule has 3 aromatic rings. The zero-order valence-corrected chi connectivity index (χ0v) is 21.3. The van der Waals surface area contributed by atoms with Crippen LogP contribution in [0.3, 0.4) is 0 Å². The van der Waals surface area contributed by atoms with Crippen LogP contribution in [0, 0.1) is 11.6 Å². The van der Waals surface area contributed by atoms with Crippen molar-refractivity contribution in [2.24, 2.45) is 0 Å². The average Bonchev–Trinajstić information content (AvgIpc) is 2.91. The highest BCUT2D eigenvalue weighted by Crippen LogP contribution is 2.19. The van der Waals surface area contributed by atoms with Crippen molar-refractivity contribution in [1.29, 1.82) is 0 Å². The first-order chi connectivity index (χ1) is 17.6. The van der Waals surface area contributed by atoms with E-state index in [1.165, 1.54) is 35.1 Å². The summed E-state index contributed by atoms with van der Waals surface area (Å²) < 4.78 is 28.5. The number of hydrogen-bond donors (Lipinski definition) is 0. The van der Waals surface area contributed by atoms with Gasteiger partial charge in [-0.25, -0.2) is 8.78 Å². The van der Waals surface area contributed by atoms with Gasteiger partial charge in [-0.15, -0.1) is 13.2 Å². The summed E-state index contributed by atoms with van der Waals surface area (Å²) in [5, 5.41) is 0. The Morgan fingerprint density at radius 2 is 0.944 bits per heavy atom. The van der Waals surface area contributed by atoms with E-state index in [9.17, 15) is 8.78 Å². The predicted octanol–water partition coefficient (Wildman–Crippen LogP) is 9.11. The van der Waals surface area contributed by atoms with Crippen LogP contribution in [0.1, 0.15) is 59.1 Å². The molecule has 0 bridgehead atoms. The first-order valence-corrected chi connectivity index (χ1v) is 13.1. The molecule has 0 atom stereocenters. The van der Waals surface area contributed by atoms with Gasteiger partial charge in [0.15, 0.2) is 11.6 Å². The van der Waals surface area contributed by atoms with E-state index in [1.807, 2.05) is 18.2 Å². The van der Waals surface area contributed by atoms with Gasteiger partial charge in [-0.2, -0.15) is 0 Å². The van der Waals surface area contributed by atoms with Gasteiger partial charge in [-0.3, -0.25) is 0 Å². The van der Waals surface area contributed by atoms with Crippen LogP contribution in [0.25, 0.3) is 0 Å². The fourth-order valence-corrected chi connectivity index (χ4v) is 4.31. The lowest BCUT2D eigenvalue weighted by molar-refractivity contribution is 0.491. The topological polar surface area (TPSA) is 0 Å². The molecule has 0 aromatic heterocycles. The maximum Gasteiger partial charge on any atom is 0.162 e. The smallest absolute Gasteiger partial charge is 0.162 e. The molecule has 2 heteroatoms. The van der Waals surface area contributed by atoms with Crippen molar-refractivity contribution in [3.8, 4) is 0 Å². The predicted molar refractivity (Wildman–Crippen MR) is 149 cm³/mol. The number of halogens is 2. The van der Waals surface area contributed by atoms with Crippen LogP contribution in [-0.2, 0) is 38.5 Å². The Morgan fingerprint density at radius 3 is 1.53 bits per heavy atom. The number of benzene rings is 3. The van der Waals surface area contributed by atoms with Crippen molar-refractivity contribution in [3.05, 3.63) is 143 Å². The maximum atomic E-state index is 14.3. The third-order valence-electron chi connectivity index (χ3n) is 6.58. The number of rotatable bonds is 15. The Morgan fingerprint density at radius 1 is 0.500 bits per heavy atom. The first kappa shape index (κ1) is 27.3. The van der Waals surface area contributed by atoms with Gasteiger partial charge < -0.3 is 0 Å². The maximum absolute atomic E-state index is 14.3. The molecule has 0 unspecified atom stereocenters. The van der Waals surface area contributed by atoms with Crippen molar-refractivity contribution in [2.45, 2.75) is 64.2 Å². The fourth-order valence-electron chi connectivity index (χ4n) is 4.31. The Labute approximate surface area is 216 Å². The van der Waals surface area contributed by atoms with Crippen LogP contribution in [0.2, 0.25) is 0 Å². The van der Waals surface area contributed by atoms with E-state index >= 15 is 0 Å². The molecule has 0 heterocycles. The quantitative estimate of drug-likeness (QED) is 0.149. The molecule has 36 heavy (non-hydrogen) atoms. The Kier molecular flexibility index (Phi) is 11.4. The molecule has 0 aliphatic rings. The van der Waals surface area contributed by atoms with Crippen molar-refractivity contribution < 1.29 is 8.78 Å². The Balaban J connectivity index is 1.38. The van der Waals surface area contributed by atoms with Gasteiger partial charge in [0.2, 0.25) is 0 Å². The van der Waals surface area contributed by atoms with Gasteiger partial charge in [-0.1, -0.05) is 85.0 Å². The van der Waals surface area contributed by atoms with Crippen LogP contribution in [-0.4, -0.2) is 0 Å². The average molecular weight is 485 g/mol. The number of aryl methyl sites for hydroxylation is 4. The highest BCUT2D eigenvalue weighted by Gasteiger charge is 2.11. The second-order valence-corrected chi connectivity index (χ2v) is 9.39. The lowest BCUT2D eigenvalue weighted by Gasteiger charge is -2.06. The van der Waals surface area contributed by atoms with Crippen LogP contribution < -0.4 is 0 Å². The van der Waals surface area contributed by atoms with Gasteiger partial charge in [0.05, 0.1) is 0 Å². The molecule has 0 nitrogen and oxygen atoms in total. The molecule has 0 amide bonds. The van der Waals surface area contributed by atoms with Gasteiger partial charge in [0.1, 0.15) is 0 Å². The third kappa shape index (κ3) is 8.75. The van der Waals surface area contributed by atoms with E-state index < -0.39 is 11.6 Å². The first-order valence-electron chi connectivity index (χ1n) is 13.1. The molecular formula is C34H38F2. The van der Waals surface area contributed by atoms with Gasteiger partial charge >= 0.3 is 0 Å². The van der Waals surface area contributed by atoms with Crippen molar-refractivity contribution in [1.82, 2.24) is 0 Å². The van der Waals surface area contributed by atoms with E-state index in [1.54, 1.807) is 18.2 Å². The number of unbranched alkanes of at least 4 members (excludes halogenated alkanes) is 1. The Hall–Kier alpha value is -3.26. The summed E-state index contributed by atoms with van der Waals surface area (Å²) in [6.07, 6.45) is 16.6. The molecular weight excluding hydrogens is 446 g/mol. The normalized spacial score (nSPS) is 11.2. The number of allylic oxidation sites excluding steroid dienone is 4. The SMILES string of the molecule is C=CCCc1ccc(CCCCc2ccc(C/C=C/Cc3ccc(CCC=C)c(F)c3F)cc2)cc1. The standard InChI is InChI=1S/C34H38F2/c1-3-5-11-27-17-19-28(20-18-27)12-7-8-13-29-21-23-30(24-22-29)14-9-10-16-32-26-25-31(15-6-4-2)33(35)34(32)36/h3-4,9-10,17-26H,1-2,5-8,11-16H2/b10-9+. The highest BCUT2D eigenvalue weighted by molar-refractivity contribution is 5.29. The fraction of sp³-hybridized carbons (Fsp3) is 0.294. The molecule has 0 fully saturated rings. The van der Waals surface area contributed by atoms with E-state index in [4.69, 9.17) is 0 Å². The van der Waals surface area contributed by atoms with Crippen LogP contribution in [0.4, 0.5) is 8.78 Å². The Bertz CT molecular complexity index is 1120. The second kappa shape index (κ2) is 15.0. The largest absolute Gasteiger partial charge is 0.203 e. The minimum atomic E-state index is -0.730. The molecule has 0 saturated heterocycles. The van der Waals surface area contributed by atoms with Crippen LogP contribution >= 0.6 is 0 Å². The molecule has 0 aliphatic carbocycles. The minimum absolute atomic E-state index is 0.389. The summed E-state index contributed by atoms with van der Waals surface area (Å²) in [4.78, 5) is 0. The summed E-state index contributed by atoms with van der Waals surface area (Å²) in [6.45, 7) is 7.42. The monoisotopic (exact) mass is 484 g/mol. The molecule has 0 N–H and O–H groups in total. The number of hydrogen-bond acceptors (Lipinski definition) is 0. The molecule has 0 saturated carbocycles. The zero-order valence-electron chi connectivity index (χ0n) is 21.3. The third-order valence-corrected chi connectivity index (χ3v) is 6.58. The summed E-state index contributed by atoms with van der Waals surface area (Å²) in [5.74, 6) is -1.46. The van der Waals surface area contributed by atoms with E-state index in [-0.39, 0.29) is 0 Å². The highest BCUT2D eigenvalue weighted by atomic mass is 19.2. The van der Waals surface area contributed by atoms with Gasteiger partial charge in [0, 0.05) is 0 Å². The van der Waals surface area contributed by atoms with E-state index in [0.29, 0.717) is 30.4 Å². The summed E-state index contributed by atoms with van der Waals surface area (Å²) in [5.41, 5.74) is 6.17. The van der Waals surface area contributed by atoms with Crippen molar-refractivity contribution >= 4 is 0 Å². The van der Waals surface area contributed by atoms with Gasteiger partial charge in [-0.05, 0) is 97.6 Å². The molecule has 0 spiro atoms. The van der Waals surface area contributed by atoms with E-state index in [0.717, 1.165) is 32.1 Å². The summed E-state index contributed by atoms with van der Waals surface area (Å²) in [7, 11) is 0. The van der Waals surface area contributed by atoms with Gasteiger partial charge in [0.25, 0.3) is 0 Å². The van der Waals surface area contributed by atoms with Crippen LogP contribution in [0.5, 0.6) is 0 Å². The lowest BCUT2D eigenvalue weighted by atomic mass is 10.0. The lowest BCUT2D eigenvalue weighted by Crippen LogP contribution is -1.99. The second-order valence-electron chi connectivity index (χ2n) is 9.39. The molecule has 3 rings (SSSR count). The minimum Gasteiger partial charge on any atom is -0.203 e. The molecule has 188 valence electrons. The van der Waals surface area contributed by atoms with E-state index in [2.05, 4.69) is 61.7 Å². The molecule has 3 aromatic carbocycles. The zero-order chi connectivity index (χ0) is 25.6. The van der Waals surface area contributed by atoms with Crippen LogP contribution in [0.15, 0.2) is 98.1 Å². The van der Waals surface area contributed by atoms with Crippen molar-refractivity contribution in [2.75, 3.05) is 0 Å². The summed E-state index contributed by atoms with van der Waals surface area (Å²) in [6, 6.07) is 21.1.